The van der Waals surface area contributed by atoms with Gasteiger partial charge < -0.3 is 25.4 Å². The Balaban J connectivity index is 3.12. The molecular weight excluding hydrogens is 238 g/mol. The van der Waals surface area contributed by atoms with Gasteiger partial charge in [-0.15, -0.1) is 0 Å². The number of phenolic OH excluding ortho intramolecular Hbond substituents is 1. The molecule has 0 fully saturated rings. The first-order chi connectivity index (χ1) is 8.54. The summed E-state index contributed by atoms with van der Waals surface area (Å²) in [6.07, 6.45) is -1.74. The molecule has 0 aliphatic carbocycles. The molecule has 100 valence electrons. The van der Waals surface area contributed by atoms with Crippen LogP contribution in [0.15, 0.2) is 12.1 Å². The number of hydrogen-bond acceptors (Lipinski definition) is 6. The Morgan fingerprint density at radius 2 is 2.11 bits per heavy atom. The first-order valence-electron chi connectivity index (χ1n) is 5.42. The van der Waals surface area contributed by atoms with E-state index in [1.165, 1.54) is 19.2 Å². The molecule has 18 heavy (non-hydrogen) atoms. The van der Waals surface area contributed by atoms with Gasteiger partial charge >= 0.3 is 0 Å². The lowest BCUT2D eigenvalue weighted by Crippen LogP contribution is -2.29. The predicted molar refractivity (Wildman–Crippen MR) is 64.9 cm³/mol. The van der Waals surface area contributed by atoms with Gasteiger partial charge in [0.05, 0.1) is 18.8 Å². The molecule has 6 heteroatoms. The Morgan fingerprint density at radius 1 is 1.44 bits per heavy atom. The van der Waals surface area contributed by atoms with Gasteiger partial charge in [-0.05, 0) is 24.7 Å². The van der Waals surface area contributed by atoms with Gasteiger partial charge in [0, 0.05) is 6.54 Å². The lowest BCUT2D eigenvalue weighted by atomic mass is 10.0. The zero-order valence-corrected chi connectivity index (χ0v) is 10.3. The van der Waals surface area contributed by atoms with Crippen LogP contribution >= 0.6 is 0 Å². The topological polar surface area (TPSA) is 99.0 Å². The van der Waals surface area contributed by atoms with Crippen molar-refractivity contribution in [1.82, 2.24) is 5.32 Å². The first kappa shape index (κ1) is 14.4. The highest BCUT2D eigenvalue weighted by molar-refractivity contribution is 5.81. The molecule has 0 aromatic heterocycles. The fourth-order valence-electron chi connectivity index (χ4n) is 1.61. The molecule has 2 atom stereocenters. The molecule has 0 saturated carbocycles. The van der Waals surface area contributed by atoms with Crippen LogP contribution in [0.2, 0.25) is 0 Å². The van der Waals surface area contributed by atoms with Crippen LogP contribution in [-0.2, 0) is 0 Å². The summed E-state index contributed by atoms with van der Waals surface area (Å²) in [5, 5.41) is 31.9. The number of methoxy groups -OCH3 is 1. The highest BCUT2D eigenvalue weighted by Gasteiger charge is 2.21. The second kappa shape index (κ2) is 6.34. The number of nitrogens with one attached hydrogen (secondary N) is 1. The Kier molecular flexibility index (Phi) is 5.08. The fraction of sp³-hybridized carbons (Fsp3) is 0.417. The summed E-state index contributed by atoms with van der Waals surface area (Å²) in [4.78, 5) is 10.8. The molecule has 0 aliphatic rings. The summed E-state index contributed by atoms with van der Waals surface area (Å²) in [5.41, 5.74) is 0.301. The van der Waals surface area contributed by atoms with E-state index >= 15 is 0 Å². The number of hydrogen-bond donors (Lipinski definition) is 4. The molecule has 1 aromatic rings. The number of aliphatic hydroxyl groups excluding tert-OH is 2. The maximum atomic E-state index is 10.8. The summed E-state index contributed by atoms with van der Waals surface area (Å²) in [7, 11) is 2.98. The largest absolute Gasteiger partial charge is 0.504 e. The molecule has 0 radical (unpaired) electrons. The van der Waals surface area contributed by atoms with Crippen molar-refractivity contribution in [1.29, 1.82) is 0 Å². The monoisotopic (exact) mass is 255 g/mol. The van der Waals surface area contributed by atoms with Crippen LogP contribution in [0.4, 0.5) is 0 Å². The lowest BCUT2D eigenvalue weighted by Gasteiger charge is -2.19. The number of carbonyl (C=O) groups is 1. The predicted octanol–water partition coefficient (Wildman–Crippen LogP) is -0.173. The van der Waals surface area contributed by atoms with E-state index in [0.717, 1.165) is 0 Å². The quantitative estimate of drug-likeness (QED) is 0.527. The van der Waals surface area contributed by atoms with Crippen molar-refractivity contribution in [3.63, 3.8) is 0 Å². The molecule has 2 unspecified atom stereocenters. The van der Waals surface area contributed by atoms with E-state index < -0.39 is 12.2 Å². The van der Waals surface area contributed by atoms with Gasteiger partial charge in [0.1, 0.15) is 6.10 Å². The van der Waals surface area contributed by atoms with Gasteiger partial charge in [-0.1, -0.05) is 0 Å². The maximum Gasteiger partial charge on any atom is 0.168 e. The number of carbonyl (C=O) groups excluding carboxylic acids is 1. The van der Waals surface area contributed by atoms with Crippen molar-refractivity contribution in [2.45, 2.75) is 12.2 Å². The van der Waals surface area contributed by atoms with Crippen LogP contribution in [0.5, 0.6) is 11.5 Å². The Hall–Kier alpha value is -1.63. The summed E-state index contributed by atoms with van der Waals surface area (Å²) >= 11 is 0. The van der Waals surface area contributed by atoms with Crippen molar-refractivity contribution >= 4 is 6.29 Å². The third-order valence-corrected chi connectivity index (χ3v) is 2.59. The lowest BCUT2D eigenvalue weighted by molar-refractivity contribution is 0.0200. The average Bonchev–Trinajstić information content (AvgIpc) is 2.38. The number of phenols is 1. The number of aromatic hydroxyl groups is 1. The van der Waals surface area contributed by atoms with Gasteiger partial charge in [0.25, 0.3) is 0 Å². The zero-order valence-electron chi connectivity index (χ0n) is 10.3. The molecule has 0 spiro atoms. The molecule has 0 amide bonds. The van der Waals surface area contributed by atoms with Crippen LogP contribution in [0, 0.1) is 0 Å². The van der Waals surface area contributed by atoms with Gasteiger partial charge in [-0.2, -0.15) is 0 Å². The Morgan fingerprint density at radius 3 is 2.61 bits per heavy atom. The Bertz CT molecular complexity index is 421. The molecule has 1 aromatic carbocycles. The van der Waals surface area contributed by atoms with E-state index in [1.807, 2.05) is 0 Å². The molecule has 0 bridgehead atoms. The second-order valence-electron chi connectivity index (χ2n) is 3.85. The van der Waals surface area contributed by atoms with Crippen LogP contribution in [-0.4, -0.2) is 48.4 Å². The number of ether oxygens (including phenoxy) is 1. The minimum atomic E-state index is -1.18. The molecule has 0 heterocycles. The number of rotatable bonds is 6. The summed E-state index contributed by atoms with van der Waals surface area (Å²) in [6, 6.07) is 2.69. The van der Waals surface area contributed by atoms with Gasteiger partial charge in [-0.3, -0.25) is 4.79 Å². The number of aldehydes is 1. The summed E-state index contributed by atoms with van der Waals surface area (Å²) in [5.74, 6) is -0.211. The number of likely N-dealkylation sites (N-methyl/N-ethyl adjacent to an activating group) is 1. The van der Waals surface area contributed by atoms with Crippen LogP contribution in [0.1, 0.15) is 22.0 Å². The van der Waals surface area contributed by atoms with Crippen molar-refractivity contribution in [3.8, 4) is 11.5 Å². The fourth-order valence-corrected chi connectivity index (χ4v) is 1.61. The van der Waals surface area contributed by atoms with E-state index in [9.17, 15) is 20.1 Å². The number of aliphatic hydroxyl groups is 2. The molecular formula is C12H17NO5. The van der Waals surface area contributed by atoms with Crippen molar-refractivity contribution < 1.29 is 24.9 Å². The standard InChI is InChI=1S/C12H17NO5/c1-13-5-9(15)11(16)7-3-8(6-14)12(17)10(4-7)18-2/h3-4,6,9,11,13,15-17H,5H2,1-2H3. The van der Waals surface area contributed by atoms with Crippen LogP contribution in [0.3, 0.4) is 0 Å². The maximum absolute atomic E-state index is 10.8. The van der Waals surface area contributed by atoms with E-state index in [4.69, 9.17) is 4.74 Å². The molecule has 1 rings (SSSR count). The van der Waals surface area contributed by atoms with E-state index in [1.54, 1.807) is 7.05 Å². The van der Waals surface area contributed by atoms with Crippen molar-refractivity contribution in [2.24, 2.45) is 0 Å². The minimum Gasteiger partial charge on any atom is -0.504 e. The third kappa shape index (κ3) is 2.98. The van der Waals surface area contributed by atoms with E-state index in [-0.39, 0.29) is 23.6 Å². The number of benzene rings is 1. The Labute approximate surface area is 105 Å². The molecule has 6 nitrogen and oxygen atoms in total. The minimum absolute atomic E-state index is 0.0000534. The highest BCUT2D eigenvalue weighted by Crippen LogP contribution is 2.33. The molecule has 0 saturated heterocycles. The van der Waals surface area contributed by atoms with E-state index in [2.05, 4.69) is 5.32 Å². The van der Waals surface area contributed by atoms with Crippen molar-refractivity contribution in [2.75, 3.05) is 20.7 Å². The molecule has 4 N–H and O–H groups in total. The first-order valence-corrected chi connectivity index (χ1v) is 5.42. The summed E-state index contributed by atoms with van der Waals surface area (Å²) in [6.45, 7) is 0.195. The third-order valence-electron chi connectivity index (χ3n) is 2.59. The van der Waals surface area contributed by atoms with E-state index in [0.29, 0.717) is 11.8 Å². The SMILES string of the molecule is CNCC(O)C(O)c1cc(C=O)c(O)c(OC)c1. The smallest absolute Gasteiger partial charge is 0.168 e. The van der Waals surface area contributed by atoms with Gasteiger partial charge in [0.2, 0.25) is 0 Å². The van der Waals surface area contributed by atoms with Crippen LogP contribution in [0.25, 0.3) is 0 Å². The normalized spacial score (nSPS) is 14.0. The van der Waals surface area contributed by atoms with Crippen LogP contribution < -0.4 is 10.1 Å². The second-order valence-corrected chi connectivity index (χ2v) is 3.85. The molecule has 0 aliphatic heterocycles. The summed E-state index contributed by atoms with van der Waals surface area (Å²) < 4.78 is 4.90. The van der Waals surface area contributed by atoms with Gasteiger partial charge in [-0.25, -0.2) is 0 Å². The van der Waals surface area contributed by atoms with Gasteiger partial charge in [0.15, 0.2) is 17.8 Å². The zero-order chi connectivity index (χ0) is 13.7. The highest BCUT2D eigenvalue weighted by atomic mass is 16.5. The van der Waals surface area contributed by atoms with Crippen molar-refractivity contribution in [3.05, 3.63) is 23.3 Å². The average molecular weight is 255 g/mol.